The van der Waals surface area contributed by atoms with E-state index in [1.807, 2.05) is 37.3 Å². The third-order valence-corrected chi connectivity index (χ3v) is 5.20. The second kappa shape index (κ2) is 5.24. The maximum atomic E-state index is 9.70. The second-order valence-corrected chi connectivity index (χ2v) is 7.95. The van der Waals surface area contributed by atoms with Crippen molar-refractivity contribution in [3.05, 3.63) is 35.9 Å². The van der Waals surface area contributed by atoms with Gasteiger partial charge in [-0.2, -0.15) is 0 Å². The molecule has 0 saturated heterocycles. The van der Waals surface area contributed by atoms with E-state index in [1.54, 1.807) is 0 Å². The van der Waals surface area contributed by atoms with Gasteiger partial charge in [0, 0.05) is 0 Å². The van der Waals surface area contributed by atoms with Crippen LogP contribution in [0.3, 0.4) is 0 Å². The van der Waals surface area contributed by atoms with Gasteiger partial charge >= 0.3 is 96.4 Å². The van der Waals surface area contributed by atoms with Crippen molar-refractivity contribution < 1.29 is 14.7 Å². The molecule has 0 aromatic heterocycles. The fraction of sp³-hybridized carbons (Fsp3) is 0.500. The molecule has 0 bridgehead atoms. The van der Waals surface area contributed by atoms with E-state index in [1.165, 1.54) is 0 Å². The predicted molar refractivity (Wildman–Crippen MR) is 68.4 cm³/mol. The van der Waals surface area contributed by atoms with Gasteiger partial charge in [0.05, 0.1) is 0 Å². The van der Waals surface area contributed by atoms with Crippen molar-refractivity contribution in [3.8, 4) is 0 Å². The van der Waals surface area contributed by atoms with Gasteiger partial charge < -0.3 is 0 Å². The molecule has 0 saturated carbocycles. The first kappa shape index (κ1) is 13.6. The number of hydrogen-bond donors (Lipinski definition) is 3. The Bertz CT molecular complexity index is 316. The molecule has 1 rings (SSSR count). The monoisotopic (exact) mass is 244 g/mol. The van der Waals surface area contributed by atoms with Crippen LogP contribution in [-0.2, 0) is 6.42 Å². The quantitative estimate of drug-likeness (QED) is 0.673. The minimum absolute atomic E-state index is 0.105. The van der Waals surface area contributed by atoms with E-state index >= 15 is 0 Å². The van der Waals surface area contributed by atoms with Crippen molar-refractivity contribution in [2.24, 2.45) is 0 Å². The van der Waals surface area contributed by atoms with Gasteiger partial charge in [0.1, 0.15) is 0 Å². The number of rotatable bonds is 6. The van der Waals surface area contributed by atoms with Crippen molar-refractivity contribution in [1.29, 1.82) is 0 Å². The summed E-state index contributed by atoms with van der Waals surface area (Å²) in [6, 6.07) is 9.86. The second-order valence-electron chi connectivity index (χ2n) is 4.38. The Morgan fingerprint density at radius 2 is 1.62 bits per heavy atom. The normalized spacial score (nSPS) is 14.4. The zero-order valence-corrected chi connectivity index (χ0v) is 10.6. The van der Waals surface area contributed by atoms with Gasteiger partial charge in [0.25, 0.3) is 0 Å². The summed E-state index contributed by atoms with van der Waals surface area (Å²) in [5.74, 6) is 0. The molecule has 3 nitrogen and oxygen atoms in total. The van der Waals surface area contributed by atoms with Gasteiger partial charge in [-0.1, -0.05) is 0 Å². The molecule has 0 radical (unpaired) electrons. The molecule has 0 aliphatic carbocycles. The van der Waals surface area contributed by atoms with E-state index in [-0.39, 0.29) is 12.3 Å². The summed E-state index contributed by atoms with van der Waals surface area (Å²) in [6.07, 6.45) is 2.18. The average Bonchev–Trinajstić information content (AvgIpc) is 2.17. The summed E-state index contributed by atoms with van der Waals surface area (Å²) in [5.41, 5.74) is 1.16. The van der Waals surface area contributed by atoms with Crippen LogP contribution in [0.5, 0.6) is 0 Å². The molecule has 1 aromatic rings. The first-order chi connectivity index (χ1) is 7.41. The topological polar surface area (TPSA) is 60.7 Å². The Balaban J connectivity index is 2.41. The van der Waals surface area contributed by atoms with Crippen molar-refractivity contribution >= 4 is 7.28 Å². The molecule has 4 heteroatoms. The first-order valence-electron chi connectivity index (χ1n) is 5.70. The van der Waals surface area contributed by atoms with Crippen molar-refractivity contribution in [1.82, 2.24) is 0 Å². The predicted octanol–water partition coefficient (Wildman–Crippen LogP) is 2.30. The molecule has 1 aromatic carbocycles. The Labute approximate surface area is 96.9 Å². The molecule has 0 spiro atoms. The maximum absolute atomic E-state index is 9.70. The molecular formula is C12H21O3P. The van der Waals surface area contributed by atoms with Crippen molar-refractivity contribution in [3.63, 3.8) is 0 Å². The third-order valence-electron chi connectivity index (χ3n) is 2.61. The van der Waals surface area contributed by atoms with Gasteiger partial charge in [-0.25, -0.2) is 0 Å². The Morgan fingerprint density at radius 1 is 1.00 bits per heavy atom. The van der Waals surface area contributed by atoms with Crippen molar-refractivity contribution in [2.75, 3.05) is 12.3 Å². The molecule has 3 N–H and O–H groups in total. The molecule has 92 valence electrons. The number of hydrogen-bond acceptors (Lipinski definition) is 3. The molecule has 0 aliphatic heterocycles. The summed E-state index contributed by atoms with van der Waals surface area (Å²) < 4.78 is 0. The van der Waals surface area contributed by atoms with E-state index in [0.29, 0.717) is 12.8 Å². The third kappa shape index (κ3) is 5.04. The standard InChI is InChI=1S/C12H21O3P/c1-2-10-16(13,14,15)11-6-9-12-7-4-3-5-8-12/h3-5,7-8,13-15H,2,6,9-11H2,1H3. The van der Waals surface area contributed by atoms with E-state index in [2.05, 4.69) is 0 Å². The molecule has 0 fully saturated rings. The molecule has 0 atom stereocenters. The summed E-state index contributed by atoms with van der Waals surface area (Å²) in [7, 11) is -4.32. The summed E-state index contributed by atoms with van der Waals surface area (Å²) in [6.45, 7) is 1.83. The molecule has 0 unspecified atom stereocenters. The van der Waals surface area contributed by atoms with Gasteiger partial charge in [0.15, 0.2) is 0 Å². The molecule has 0 aliphatic rings. The van der Waals surface area contributed by atoms with E-state index < -0.39 is 7.28 Å². The van der Waals surface area contributed by atoms with Crippen LogP contribution in [0.4, 0.5) is 0 Å². The zero-order chi connectivity index (χ0) is 12.1. The van der Waals surface area contributed by atoms with Crippen molar-refractivity contribution in [2.45, 2.75) is 26.2 Å². The SMILES string of the molecule is CCCP(O)(O)(O)CCCc1ccccc1. The van der Waals surface area contributed by atoms with Gasteiger partial charge in [-0.3, -0.25) is 0 Å². The van der Waals surface area contributed by atoms with Gasteiger partial charge in [-0.15, -0.1) is 0 Å². The fourth-order valence-corrected chi connectivity index (χ4v) is 3.77. The van der Waals surface area contributed by atoms with E-state index in [9.17, 15) is 14.7 Å². The van der Waals surface area contributed by atoms with Crippen LogP contribution in [0.2, 0.25) is 0 Å². The fourth-order valence-electron chi connectivity index (χ4n) is 1.82. The van der Waals surface area contributed by atoms with Crippen LogP contribution in [-0.4, -0.2) is 27.0 Å². The number of aryl methyl sites for hydroxylation is 1. The minimum atomic E-state index is -4.32. The van der Waals surface area contributed by atoms with Crippen LogP contribution >= 0.6 is 7.28 Å². The first-order valence-corrected chi connectivity index (χ1v) is 8.17. The van der Waals surface area contributed by atoms with Crippen LogP contribution in [0, 0.1) is 0 Å². The molecular weight excluding hydrogens is 223 g/mol. The Hall–Kier alpha value is -0.470. The Kier molecular flexibility index (Phi) is 4.45. The molecule has 0 heterocycles. The zero-order valence-electron chi connectivity index (χ0n) is 9.71. The summed E-state index contributed by atoms with van der Waals surface area (Å²) >= 11 is 0. The average molecular weight is 244 g/mol. The molecule has 16 heavy (non-hydrogen) atoms. The summed E-state index contributed by atoms with van der Waals surface area (Å²) in [5, 5.41) is 0. The Morgan fingerprint density at radius 3 is 2.19 bits per heavy atom. The van der Waals surface area contributed by atoms with Crippen LogP contribution < -0.4 is 0 Å². The van der Waals surface area contributed by atoms with Crippen LogP contribution in [0.15, 0.2) is 30.3 Å². The van der Waals surface area contributed by atoms with Crippen LogP contribution in [0.25, 0.3) is 0 Å². The van der Waals surface area contributed by atoms with Gasteiger partial charge in [0.2, 0.25) is 0 Å². The summed E-state index contributed by atoms with van der Waals surface area (Å²) in [4.78, 5) is 29.1. The molecule has 0 amide bonds. The van der Waals surface area contributed by atoms with Crippen LogP contribution in [0.1, 0.15) is 25.3 Å². The van der Waals surface area contributed by atoms with E-state index in [0.717, 1.165) is 12.0 Å². The van der Waals surface area contributed by atoms with Gasteiger partial charge in [-0.05, 0) is 0 Å². The number of benzene rings is 1. The van der Waals surface area contributed by atoms with E-state index in [4.69, 9.17) is 0 Å².